The van der Waals surface area contributed by atoms with E-state index >= 15 is 0 Å². The Hall–Kier alpha value is -4.01. The van der Waals surface area contributed by atoms with Gasteiger partial charge in [0.25, 0.3) is 22.9 Å². The molecule has 1 aromatic carbocycles. The smallest absolute Gasteiger partial charge is 0.263 e. The summed E-state index contributed by atoms with van der Waals surface area (Å²) in [5.41, 5.74) is -0.442. The Morgan fingerprint density at radius 3 is 2.06 bits per heavy atom. The number of carbonyl (C=O) groups is 2. The normalized spacial score (nSPS) is 11.6. The summed E-state index contributed by atoms with van der Waals surface area (Å²) in [5.74, 6) is -1.60. The van der Waals surface area contributed by atoms with Crippen molar-refractivity contribution in [3.05, 3.63) is 104 Å². The molecule has 0 saturated heterocycles. The number of likely N-dealkylation sites (N-methyl/N-ethyl adjacent to an activating group) is 1. The lowest BCUT2D eigenvalue weighted by molar-refractivity contribution is 0.0714. The molecule has 0 fully saturated rings. The first-order valence-electron chi connectivity index (χ1n) is 9.83. The Bertz CT molecular complexity index is 1260. The van der Waals surface area contributed by atoms with Crippen LogP contribution in [-0.4, -0.2) is 39.4 Å². The lowest BCUT2D eigenvalue weighted by atomic mass is 10.0. The maximum atomic E-state index is 13.5. The molecule has 2 amide bonds. The zero-order chi connectivity index (χ0) is 23.4. The summed E-state index contributed by atoms with van der Waals surface area (Å²) in [6, 6.07) is 10.8. The van der Waals surface area contributed by atoms with E-state index < -0.39 is 34.8 Å². The summed E-state index contributed by atoms with van der Waals surface area (Å²) < 4.78 is 16.0. The molecular formula is C23H23FN4O4. The Morgan fingerprint density at radius 2 is 1.47 bits per heavy atom. The van der Waals surface area contributed by atoms with Gasteiger partial charge in [0, 0.05) is 40.1 Å². The molecule has 8 nitrogen and oxygen atoms in total. The number of rotatable bonds is 6. The van der Waals surface area contributed by atoms with Crippen LogP contribution in [0, 0.1) is 5.82 Å². The van der Waals surface area contributed by atoms with Crippen LogP contribution in [0.15, 0.2) is 70.5 Å². The van der Waals surface area contributed by atoms with Crippen LogP contribution < -0.4 is 16.4 Å². The fraction of sp³-hybridized carbons (Fsp3) is 0.217. The van der Waals surface area contributed by atoms with Gasteiger partial charge in [-0.3, -0.25) is 19.2 Å². The van der Waals surface area contributed by atoms with Gasteiger partial charge in [0.1, 0.15) is 16.9 Å². The third-order valence-corrected chi connectivity index (χ3v) is 5.22. The first-order chi connectivity index (χ1) is 15.2. The maximum Gasteiger partial charge on any atom is 0.263 e. The molecular weight excluding hydrogens is 415 g/mol. The predicted molar refractivity (Wildman–Crippen MR) is 117 cm³/mol. The second-order valence-corrected chi connectivity index (χ2v) is 7.37. The topological polar surface area (TPSA) is 93.4 Å². The van der Waals surface area contributed by atoms with Crippen molar-refractivity contribution in [2.75, 3.05) is 13.6 Å². The molecule has 3 aromatic rings. The zero-order valence-electron chi connectivity index (χ0n) is 17.9. The van der Waals surface area contributed by atoms with E-state index in [9.17, 15) is 23.6 Å². The highest BCUT2D eigenvalue weighted by atomic mass is 19.1. The van der Waals surface area contributed by atoms with Crippen LogP contribution in [0.3, 0.4) is 0 Å². The third kappa shape index (κ3) is 4.66. The highest BCUT2D eigenvalue weighted by Gasteiger charge is 2.26. The van der Waals surface area contributed by atoms with Crippen molar-refractivity contribution in [1.29, 1.82) is 0 Å². The number of nitrogens with one attached hydrogen (secondary N) is 1. The first kappa shape index (κ1) is 22.7. The van der Waals surface area contributed by atoms with Gasteiger partial charge in [0.05, 0.1) is 6.04 Å². The molecule has 0 radical (unpaired) electrons. The molecule has 2 heterocycles. The highest BCUT2D eigenvalue weighted by Crippen LogP contribution is 2.21. The van der Waals surface area contributed by atoms with Crippen LogP contribution in [0.1, 0.15) is 32.3 Å². The Labute approximate surface area is 183 Å². The number of benzene rings is 1. The van der Waals surface area contributed by atoms with E-state index in [1.165, 1.54) is 84.0 Å². The van der Waals surface area contributed by atoms with Gasteiger partial charge < -0.3 is 19.4 Å². The minimum atomic E-state index is -0.718. The van der Waals surface area contributed by atoms with Crippen molar-refractivity contribution in [2.45, 2.75) is 6.04 Å². The van der Waals surface area contributed by atoms with Crippen molar-refractivity contribution in [1.82, 2.24) is 19.4 Å². The molecule has 3 rings (SSSR count). The molecule has 1 unspecified atom stereocenters. The van der Waals surface area contributed by atoms with Crippen LogP contribution in [0.4, 0.5) is 4.39 Å². The number of hydrogen-bond acceptors (Lipinski definition) is 4. The molecule has 0 aliphatic carbocycles. The molecule has 1 atom stereocenters. The first-order valence-corrected chi connectivity index (χ1v) is 9.83. The number of aryl methyl sites for hydroxylation is 2. The maximum absolute atomic E-state index is 13.5. The van der Waals surface area contributed by atoms with E-state index in [4.69, 9.17) is 0 Å². The molecule has 0 saturated carbocycles. The minimum absolute atomic E-state index is 0.0344. The lowest BCUT2D eigenvalue weighted by Gasteiger charge is -2.29. The fourth-order valence-corrected chi connectivity index (χ4v) is 3.31. The van der Waals surface area contributed by atoms with E-state index in [2.05, 4.69) is 5.32 Å². The van der Waals surface area contributed by atoms with Gasteiger partial charge >= 0.3 is 0 Å². The fourth-order valence-electron chi connectivity index (χ4n) is 3.31. The van der Waals surface area contributed by atoms with E-state index in [1.54, 1.807) is 12.1 Å². The summed E-state index contributed by atoms with van der Waals surface area (Å²) in [4.78, 5) is 51.6. The number of pyridine rings is 2. The molecule has 166 valence electrons. The Kier molecular flexibility index (Phi) is 6.67. The minimum Gasteiger partial charge on any atom is -0.349 e. The molecule has 0 spiro atoms. The van der Waals surface area contributed by atoms with E-state index in [0.717, 1.165) is 0 Å². The van der Waals surface area contributed by atoms with Gasteiger partial charge in [-0.2, -0.15) is 0 Å². The number of aromatic nitrogens is 2. The van der Waals surface area contributed by atoms with E-state index in [1.807, 2.05) is 0 Å². The second-order valence-electron chi connectivity index (χ2n) is 7.37. The SMILES string of the molecule is CN(C(=O)c1cccn(C)c1=O)C(CNC(=O)c1cccn(C)c1=O)c1ccc(F)cc1. The number of amides is 2. The van der Waals surface area contributed by atoms with Crippen molar-refractivity contribution in [3.63, 3.8) is 0 Å². The van der Waals surface area contributed by atoms with Crippen molar-refractivity contribution < 1.29 is 14.0 Å². The summed E-state index contributed by atoms with van der Waals surface area (Å²) in [5, 5.41) is 2.67. The summed E-state index contributed by atoms with van der Waals surface area (Å²) in [6.45, 7) is -0.0576. The summed E-state index contributed by atoms with van der Waals surface area (Å²) in [7, 11) is 4.57. The molecule has 0 aliphatic rings. The number of carbonyl (C=O) groups excluding carboxylic acids is 2. The summed E-state index contributed by atoms with van der Waals surface area (Å²) >= 11 is 0. The number of hydrogen-bond donors (Lipinski definition) is 1. The summed E-state index contributed by atoms with van der Waals surface area (Å²) in [6.07, 6.45) is 3.07. The molecule has 1 N–H and O–H groups in total. The number of nitrogens with zero attached hydrogens (tertiary/aromatic N) is 3. The highest BCUT2D eigenvalue weighted by molar-refractivity contribution is 5.95. The van der Waals surface area contributed by atoms with Gasteiger partial charge in [0.15, 0.2) is 0 Å². The average molecular weight is 438 g/mol. The van der Waals surface area contributed by atoms with Gasteiger partial charge in [-0.05, 0) is 42.0 Å². The van der Waals surface area contributed by atoms with Gasteiger partial charge in [0.2, 0.25) is 0 Å². The predicted octanol–water partition coefficient (Wildman–Crippen LogP) is 1.47. The van der Waals surface area contributed by atoms with Crippen LogP contribution in [0.25, 0.3) is 0 Å². The van der Waals surface area contributed by atoms with Crippen LogP contribution in [0.5, 0.6) is 0 Å². The Morgan fingerprint density at radius 1 is 0.938 bits per heavy atom. The monoisotopic (exact) mass is 438 g/mol. The molecule has 9 heteroatoms. The van der Waals surface area contributed by atoms with Gasteiger partial charge in [-0.25, -0.2) is 4.39 Å². The van der Waals surface area contributed by atoms with Crippen LogP contribution in [-0.2, 0) is 14.1 Å². The quantitative estimate of drug-likeness (QED) is 0.631. The second kappa shape index (κ2) is 9.42. The average Bonchev–Trinajstić information content (AvgIpc) is 2.78. The van der Waals surface area contributed by atoms with Crippen LogP contribution >= 0.6 is 0 Å². The lowest BCUT2D eigenvalue weighted by Crippen LogP contribution is -2.42. The van der Waals surface area contributed by atoms with E-state index in [-0.39, 0.29) is 17.7 Å². The molecule has 2 aromatic heterocycles. The molecule has 0 aliphatic heterocycles. The van der Waals surface area contributed by atoms with Gasteiger partial charge in [-0.1, -0.05) is 12.1 Å². The third-order valence-electron chi connectivity index (χ3n) is 5.22. The molecule has 0 bridgehead atoms. The largest absolute Gasteiger partial charge is 0.349 e. The Balaban J connectivity index is 1.91. The van der Waals surface area contributed by atoms with Crippen molar-refractivity contribution in [3.8, 4) is 0 Å². The zero-order valence-corrected chi connectivity index (χ0v) is 17.9. The van der Waals surface area contributed by atoms with Crippen molar-refractivity contribution >= 4 is 11.8 Å². The van der Waals surface area contributed by atoms with E-state index in [0.29, 0.717) is 5.56 Å². The molecule has 32 heavy (non-hydrogen) atoms. The standard InChI is InChI=1S/C23H23FN4O4/c1-26-12-4-6-17(21(26)30)20(29)25-14-19(15-8-10-16(24)11-9-15)28(3)23(32)18-7-5-13-27(2)22(18)31/h4-13,19H,14H2,1-3H3,(H,25,29). The van der Waals surface area contributed by atoms with Crippen LogP contribution in [0.2, 0.25) is 0 Å². The van der Waals surface area contributed by atoms with Crippen molar-refractivity contribution in [2.24, 2.45) is 14.1 Å². The number of halogens is 1. The van der Waals surface area contributed by atoms with Gasteiger partial charge in [-0.15, -0.1) is 0 Å².